The number of methoxy groups -OCH3 is 1. The van der Waals surface area contributed by atoms with E-state index >= 15 is 0 Å². The minimum absolute atomic E-state index is 0.0679. The number of sulfone groups is 1. The van der Waals surface area contributed by atoms with Crippen LogP contribution in [0.25, 0.3) is 0 Å². The van der Waals surface area contributed by atoms with Gasteiger partial charge in [-0.05, 0) is 31.0 Å². The van der Waals surface area contributed by atoms with Crippen LogP contribution >= 0.6 is 0 Å². The van der Waals surface area contributed by atoms with Gasteiger partial charge in [0.2, 0.25) is 11.8 Å². The van der Waals surface area contributed by atoms with E-state index in [1.807, 2.05) is 6.07 Å². The number of likely N-dealkylation sites (tertiary alicyclic amines) is 1. The molecule has 2 fully saturated rings. The summed E-state index contributed by atoms with van der Waals surface area (Å²) in [5.41, 5.74) is 0.512. The molecular weight excluding hydrogens is 418 g/mol. The van der Waals surface area contributed by atoms with Crippen LogP contribution in [0.4, 0.5) is 5.82 Å². The molecule has 2 aliphatic rings. The van der Waals surface area contributed by atoms with Crippen LogP contribution in [0.3, 0.4) is 0 Å². The highest BCUT2D eigenvalue weighted by atomic mass is 32.2. The molecule has 0 saturated carbocycles. The molecule has 9 nitrogen and oxygen atoms in total. The Kier molecular flexibility index (Phi) is 5.78. The molecule has 2 atom stereocenters. The van der Waals surface area contributed by atoms with E-state index in [1.54, 1.807) is 17.2 Å². The third-order valence-corrected chi connectivity index (χ3v) is 7.55. The Balaban J connectivity index is 1.39. The fraction of sp³-hybridized carbons (Fsp3) is 0.429. The first-order valence-corrected chi connectivity index (χ1v) is 11.7. The number of aromatic nitrogens is 2. The predicted octanol–water partition coefficient (Wildman–Crippen LogP) is 1.40. The number of anilines is 1. The lowest BCUT2D eigenvalue weighted by molar-refractivity contribution is -0.131. The van der Waals surface area contributed by atoms with E-state index in [-0.39, 0.29) is 40.9 Å². The average Bonchev–Trinajstić information content (AvgIpc) is 3.06. The molecule has 2 aliphatic heterocycles. The van der Waals surface area contributed by atoms with Gasteiger partial charge in [0.1, 0.15) is 11.9 Å². The predicted molar refractivity (Wildman–Crippen MR) is 112 cm³/mol. The number of rotatable bonds is 6. The topological polar surface area (TPSA) is 116 Å². The summed E-state index contributed by atoms with van der Waals surface area (Å²) in [5.74, 6) is 0.615. The van der Waals surface area contributed by atoms with Gasteiger partial charge in [0.25, 0.3) is 0 Å². The van der Waals surface area contributed by atoms with E-state index in [2.05, 4.69) is 20.9 Å². The molecule has 162 valence electrons. The summed E-state index contributed by atoms with van der Waals surface area (Å²) in [6.45, 7) is 1.08. The van der Waals surface area contributed by atoms with Crippen molar-refractivity contribution in [3.63, 3.8) is 0 Å². The smallest absolute Gasteiger partial charge is 0.223 e. The van der Waals surface area contributed by atoms with Gasteiger partial charge in [-0.15, -0.1) is 0 Å². The van der Waals surface area contributed by atoms with Crippen molar-refractivity contribution < 1.29 is 17.9 Å². The summed E-state index contributed by atoms with van der Waals surface area (Å²) >= 11 is 0. The third kappa shape index (κ3) is 4.32. The minimum Gasteiger partial charge on any atom is -0.481 e. The monoisotopic (exact) mass is 441 g/mol. The van der Waals surface area contributed by atoms with Gasteiger partial charge in [-0.25, -0.2) is 18.4 Å². The maximum Gasteiger partial charge on any atom is 0.223 e. The number of ether oxygens (including phenoxy) is 1. The largest absolute Gasteiger partial charge is 0.481 e. The van der Waals surface area contributed by atoms with Crippen LogP contribution in [0.5, 0.6) is 5.88 Å². The van der Waals surface area contributed by atoms with E-state index < -0.39 is 9.84 Å². The van der Waals surface area contributed by atoms with Gasteiger partial charge < -0.3 is 14.5 Å². The van der Waals surface area contributed by atoms with Crippen molar-refractivity contribution in [3.05, 3.63) is 42.2 Å². The van der Waals surface area contributed by atoms with Gasteiger partial charge in [-0.3, -0.25) is 4.79 Å². The molecule has 0 aliphatic carbocycles. The molecule has 1 amide bonds. The van der Waals surface area contributed by atoms with Crippen molar-refractivity contribution in [3.8, 4) is 11.9 Å². The van der Waals surface area contributed by atoms with Crippen molar-refractivity contribution >= 4 is 21.6 Å². The molecule has 2 aromatic heterocycles. The van der Waals surface area contributed by atoms with Crippen molar-refractivity contribution in [2.45, 2.75) is 36.2 Å². The van der Waals surface area contributed by atoms with Gasteiger partial charge in [0.05, 0.1) is 23.3 Å². The van der Waals surface area contributed by atoms with Crippen molar-refractivity contribution in [1.29, 1.82) is 5.26 Å². The zero-order chi connectivity index (χ0) is 22.0. The standard InChI is InChI=1S/C21H23N5O4S/c1-30-20-10-18(6-8-23-20)31(28,29)9-7-21(27)25-13-16-3-4-17(14-25)26(16)19-5-2-15(11-22)12-24-19/h2,5-6,8,10,12,16-17H,3-4,7,9,13-14H2,1H3. The third-order valence-electron chi connectivity index (χ3n) is 5.84. The maximum atomic E-state index is 12.8. The molecule has 0 aromatic carbocycles. The van der Waals surface area contributed by atoms with E-state index in [9.17, 15) is 13.2 Å². The van der Waals surface area contributed by atoms with Crippen molar-refractivity contribution in [2.75, 3.05) is 30.9 Å². The fourth-order valence-corrected chi connectivity index (χ4v) is 5.51. The summed E-state index contributed by atoms with van der Waals surface area (Å²) in [4.78, 5) is 25.2. The molecule has 0 N–H and O–H groups in total. The summed E-state index contributed by atoms with van der Waals surface area (Å²) in [6, 6.07) is 8.72. The zero-order valence-electron chi connectivity index (χ0n) is 17.1. The Bertz CT molecular complexity index is 1100. The second-order valence-electron chi connectivity index (χ2n) is 7.71. The number of carbonyl (C=O) groups is 1. The Hall–Kier alpha value is -3.19. The number of hydrogen-bond acceptors (Lipinski definition) is 8. The number of fused-ring (bicyclic) bond motifs is 2. The van der Waals surface area contributed by atoms with Crippen molar-refractivity contribution in [1.82, 2.24) is 14.9 Å². The first kappa shape index (κ1) is 21.1. The number of piperazine rings is 1. The number of carbonyl (C=O) groups excluding carboxylic acids is 1. The SMILES string of the molecule is COc1cc(S(=O)(=O)CCC(=O)N2CC3CCC(C2)N3c2ccc(C#N)cn2)ccn1. The molecule has 2 bridgehead atoms. The quantitative estimate of drug-likeness (QED) is 0.660. The van der Waals surface area contributed by atoms with E-state index in [4.69, 9.17) is 10.00 Å². The second-order valence-corrected chi connectivity index (χ2v) is 9.82. The summed E-state index contributed by atoms with van der Waals surface area (Å²) < 4.78 is 30.2. The number of nitriles is 1. The lowest BCUT2D eigenvalue weighted by atomic mass is 10.1. The Morgan fingerprint density at radius 3 is 2.58 bits per heavy atom. The van der Waals surface area contributed by atoms with Gasteiger partial charge >= 0.3 is 0 Å². The number of pyridine rings is 2. The summed E-state index contributed by atoms with van der Waals surface area (Å²) in [6.07, 6.45) is 4.77. The zero-order valence-corrected chi connectivity index (χ0v) is 18.0. The van der Waals surface area contributed by atoms with Crippen LogP contribution in [0.15, 0.2) is 41.6 Å². The maximum absolute atomic E-state index is 12.8. The molecule has 10 heteroatoms. The Labute approximate surface area is 181 Å². The second kappa shape index (κ2) is 8.51. The summed E-state index contributed by atoms with van der Waals surface area (Å²) in [5, 5.41) is 8.96. The number of hydrogen-bond donors (Lipinski definition) is 0. The van der Waals surface area contributed by atoms with Crippen molar-refractivity contribution in [2.24, 2.45) is 0 Å². The van der Waals surface area contributed by atoms with Gasteiger partial charge in [-0.1, -0.05) is 0 Å². The molecule has 31 heavy (non-hydrogen) atoms. The summed E-state index contributed by atoms with van der Waals surface area (Å²) in [7, 11) is -2.19. The number of amides is 1. The van der Waals surface area contributed by atoms with E-state index in [0.29, 0.717) is 18.7 Å². The van der Waals surface area contributed by atoms with Crippen LogP contribution in [-0.2, 0) is 14.6 Å². The number of nitrogens with zero attached hydrogens (tertiary/aromatic N) is 5. The van der Waals surface area contributed by atoms with E-state index in [0.717, 1.165) is 18.7 Å². The molecule has 0 radical (unpaired) electrons. The average molecular weight is 442 g/mol. The molecule has 2 unspecified atom stereocenters. The Morgan fingerprint density at radius 1 is 1.23 bits per heavy atom. The van der Waals surface area contributed by atoms with E-state index in [1.165, 1.54) is 25.4 Å². The lowest BCUT2D eigenvalue weighted by Gasteiger charge is -2.41. The first-order valence-electron chi connectivity index (χ1n) is 10.1. The first-order chi connectivity index (χ1) is 14.9. The highest BCUT2D eigenvalue weighted by Crippen LogP contribution is 2.34. The van der Waals surface area contributed by atoms with Crippen LogP contribution in [0.2, 0.25) is 0 Å². The molecule has 2 aromatic rings. The van der Waals surface area contributed by atoms with Crippen LogP contribution in [0.1, 0.15) is 24.8 Å². The Morgan fingerprint density at radius 2 is 1.97 bits per heavy atom. The van der Waals surface area contributed by atoms with Gasteiger partial charge in [-0.2, -0.15) is 5.26 Å². The van der Waals surface area contributed by atoms with Crippen LogP contribution in [0, 0.1) is 11.3 Å². The van der Waals surface area contributed by atoms with Crippen LogP contribution < -0.4 is 9.64 Å². The molecule has 4 rings (SSSR count). The lowest BCUT2D eigenvalue weighted by Crippen LogP contribution is -2.55. The molecule has 0 spiro atoms. The molecular formula is C21H23N5O4S. The molecule has 2 saturated heterocycles. The highest BCUT2D eigenvalue weighted by molar-refractivity contribution is 7.91. The van der Waals surface area contributed by atoms with Gasteiger partial charge in [0, 0.05) is 50.1 Å². The van der Waals surface area contributed by atoms with Crippen LogP contribution in [-0.4, -0.2) is 67.2 Å². The minimum atomic E-state index is -3.61. The highest BCUT2D eigenvalue weighted by Gasteiger charge is 2.42. The fourth-order valence-electron chi connectivity index (χ4n) is 4.28. The normalized spacial score (nSPS) is 20.4. The van der Waals surface area contributed by atoms with Gasteiger partial charge in [0.15, 0.2) is 9.84 Å². The molecule has 4 heterocycles.